The van der Waals surface area contributed by atoms with Gasteiger partial charge in [-0.3, -0.25) is 9.59 Å². The van der Waals surface area contributed by atoms with E-state index in [0.717, 1.165) is 5.69 Å². The van der Waals surface area contributed by atoms with Gasteiger partial charge in [0.15, 0.2) is 5.17 Å². The lowest BCUT2D eigenvalue weighted by Crippen LogP contribution is -2.48. The van der Waals surface area contributed by atoms with Gasteiger partial charge in [0.1, 0.15) is 5.69 Å². The second kappa shape index (κ2) is 13.5. The van der Waals surface area contributed by atoms with Gasteiger partial charge in [0, 0.05) is 43.5 Å². The Morgan fingerprint density at radius 1 is 1.07 bits per heavy atom. The van der Waals surface area contributed by atoms with Crippen molar-refractivity contribution >= 4 is 44.9 Å². The largest absolute Gasteiger partial charge is 0.466 e. The van der Waals surface area contributed by atoms with Gasteiger partial charge in [0.05, 0.1) is 40.2 Å². The third kappa shape index (κ3) is 6.82. The standard InChI is InChI=1S/C33H37N5O6S2/c1-4-43-32(40)24-13-15-36(16-14-24)33-34-31(39)29(45-33)18-26-21-38(27-10-6-5-7-11-27)35-30(26)25-9-8-12-28(17-25)46(41,42)37-19-22(2)44-23(3)20-37/h5-12,17-18,21-24H,4,13-16,19-20H2,1-3H3/b29-18-. The first-order valence-electron chi connectivity index (χ1n) is 15.5. The van der Waals surface area contributed by atoms with Crippen molar-refractivity contribution in [3.05, 3.63) is 71.3 Å². The molecular weight excluding hydrogens is 627 g/mol. The van der Waals surface area contributed by atoms with Crippen molar-refractivity contribution in [2.45, 2.75) is 50.7 Å². The van der Waals surface area contributed by atoms with Gasteiger partial charge < -0.3 is 14.4 Å². The van der Waals surface area contributed by atoms with Crippen molar-refractivity contribution in [3.63, 3.8) is 0 Å². The van der Waals surface area contributed by atoms with Crippen LogP contribution in [0.1, 0.15) is 39.2 Å². The molecule has 11 nitrogen and oxygen atoms in total. The van der Waals surface area contributed by atoms with Crippen LogP contribution in [0, 0.1) is 5.92 Å². The number of likely N-dealkylation sites (tertiary alicyclic amines) is 1. The van der Waals surface area contributed by atoms with Crippen LogP contribution in [-0.2, 0) is 29.1 Å². The molecule has 2 unspecified atom stereocenters. The fourth-order valence-corrected chi connectivity index (χ4v) is 8.54. The zero-order valence-electron chi connectivity index (χ0n) is 26.0. The van der Waals surface area contributed by atoms with Gasteiger partial charge in [0.25, 0.3) is 5.91 Å². The minimum absolute atomic E-state index is 0.144. The molecule has 13 heteroatoms. The lowest BCUT2D eigenvalue weighted by atomic mass is 9.97. The van der Waals surface area contributed by atoms with E-state index in [0.29, 0.717) is 59.4 Å². The van der Waals surface area contributed by atoms with E-state index in [9.17, 15) is 18.0 Å². The van der Waals surface area contributed by atoms with E-state index in [-0.39, 0.29) is 48.0 Å². The maximum absolute atomic E-state index is 13.7. The first kappa shape index (κ1) is 32.2. The summed E-state index contributed by atoms with van der Waals surface area (Å²) < 4.78 is 41.6. The second-order valence-corrected chi connectivity index (χ2v) is 14.6. The number of thioether (sulfide) groups is 1. The molecule has 6 rings (SSSR count). The summed E-state index contributed by atoms with van der Waals surface area (Å²) >= 11 is 1.30. The second-order valence-electron chi connectivity index (χ2n) is 11.6. The van der Waals surface area contributed by atoms with Crippen molar-refractivity contribution in [2.24, 2.45) is 10.9 Å². The van der Waals surface area contributed by atoms with Gasteiger partial charge in [-0.15, -0.1) is 0 Å². The quantitative estimate of drug-likeness (QED) is 0.264. The number of sulfonamides is 1. The molecule has 2 saturated heterocycles. The molecule has 3 aliphatic heterocycles. The van der Waals surface area contributed by atoms with E-state index in [4.69, 9.17) is 14.6 Å². The molecule has 0 N–H and O–H groups in total. The molecule has 2 fully saturated rings. The Balaban J connectivity index is 1.29. The summed E-state index contributed by atoms with van der Waals surface area (Å²) in [4.78, 5) is 32.3. The van der Waals surface area contributed by atoms with Crippen molar-refractivity contribution in [1.29, 1.82) is 0 Å². The summed E-state index contributed by atoms with van der Waals surface area (Å²) in [5.74, 6) is -0.665. The van der Waals surface area contributed by atoms with E-state index in [1.165, 1.54) is 16.1 Å². The number of amidine groups is 1. The van der Waals surface area contributed by atoms with E-state index in [2.05, 4.69) is 4.99 Å². The van der Waals surface area contributed by atoms with E-state index in [1.54, 1.807) is 35.9 Å². The highest BCUT2D eigenvalue weighted by molar-refractivity contribution is 8.18. The van der Waals surface area contributed by atoms with Gasteiger partial charge in [0.2, 0.25) is 10.0 Å². The predicted octanol–water partition coefficient (Wildman–Crippen LogP) is 4.58. The van der Waals surface area contributed by atoms with Crippen molar-refractivity contribution in [2.75, 3.05) is 32.8 Å². The Hall–Kier alpha value is -3.78. The average Bonchev–Trinajstić information content (AvgIpc) is 3.65. The van der Waals surface area contributed by atoms with Crippen molar-refractivity contribution < 1.29 is 27.5 Å². The molecule has 3 aromatic rings. The number of aromatic nitrogens is 2. The molecule has 3 aliphatic rings. The van der Waals surface area contributed by atoms with Gasteiger partial charge in [-0.1, -0.05) is 30.3 Å². The number of morpholine rings is 1. The fourth-order valence-electron chi connectivity index (χ4n) is 5.95. The first-order chi connectivity index (χ1) is 22.1. The summed E-state index contributed by atoms with van der Waals surface area (Å²) in [6.07, 6.45) is 4.46. The number of piperidine rings is 1. The molecule has 0 spiro atoms. The van der Waals surface area contributed by atoms with Crippen LogP contribution >= 0.6 is 11.8 Å². The Morgan fingerprint density at radius 3 is 2.48 bits per heavy atom. The smallest absolute Gasteiger partial charge is 0.309 e. The maximum Gasteiger partial charge on any atom is 0.309 e. The zero-order valence-corrected chi connectivity index (χ0v) is 27.7. The highest BCUT2D eigenvalue weighted by atomic mass is 32.2. The van der Waals surface area contributed by atoms with Crippen molar-refractivity contribution in [1.82, 2.24) is 19.0 Å². The van der Waals surface area contributed by atoms with Crippen LogP contribution in [0.15, 0.2) is 75.6 Å². The SMILES string of the molecule is CCOC(=O)C1CCN(C2=NC(=O)/C(=C/c3cn(-c4ccccc4)nc3-c3cccc(S(=O)(=O)N4CC(C)OC(C)C4)c3)S2)CC1. The molecule has 0 saturated carbocycles. The molecule has 0 bridgehead atoms. The maximum atomic E-state index is 13.7. The molecule has 46 heavy (non-hydrogen) atoms. The number of carbonyl (C=O) groups is 2. The number of hydrogen-bond acceptors (Lipinski definition) is 9. The number of rotatable bonds is 7. The third-order valence-electron chi connectivity index (χ3n) is 8.18. The van der Waals surface area contributed by atoms with Gasteiger partial charge in [-0.25, -0.2) is 13.1 Å². The molecule has 0 radical (unpaired) electrons. The highest BCUT2D eigenvalue weighted by Gasteiger charge is 2.34. The first-order valence-corrected chi connectivity index (χ1v) is 17.7. The number of aliphatic imine (C=N–C) groups is 1. The lowest BCUT2D eigenvalue weighted by molar-refractivity contribution is -0.149. The van der Waals surface area contributed by atoms with E-state index >= 15 is 0 Å². The monoisotopic (exact) mass is 663 g/mol. The van der Waals surface area contributed by atoms with Crippen LogP contribution in [0.25, 0.3) is 23.0 Å². The zero-order chi connectivity index (χ0) is 32.4. The molecular formula is C33H37N5O6S2. The third-order valence-corrected chi connectivity index (χ3v) is 11.0. The normalized spacial score (nSPS) is 22.3. The minimum Gasteiger partial charge on any atom is -0.466 e. The number of para-hydroxylation sites is 1. The number of nitrogens with zero attached hydrogens (tertiary/aromatic N) is 5. The summed E-state index contributed by atoms with van der Waals surface area (Å²) in [6.45, 7) is 7.67. The summed E-state index contributed by atoms with van der Waals surface area (Å²) in [6, 6.07) is 16.4. The predicted molar refractivity (Wildman–Crippen MR) is 177 cm³/mol. The molecule has 242 valence electrons. The molecule has 1 aromatic heterocycles. The molecule has 0 aliphatic carbocycles. The number of ether oxygens (including phenoxy) is 2. The molecule has 2 atom stereocenters. The highest BCUT2D eigenvalue weighted by Crippen LogP contribution is 2.35. The molecule has 2 aromatic carbocycles. The molecule has 4 heterocycles. The summed E-state index contributed by atoms with van der Waals surface area (Å²) in [5, 5.41) is 5.47. The molecule has 1 amide bonds. The van der Waals surface area contributed by atoms with Gasteiger partial charge >= 0.3 is 5.97 Å². The van der Waals surface area contributed by atoms with Crippen LogP contribution in [0.3, 0.4) is 0 Å². The van der Waals surface area contributed by atoms with Crippen LogP contribution in [0.2, 0.25) is 0 Å². The Kier molecular flexibility index (Phi) is 9.46. The van der Waals surface area contributed by atoms with E-state index in [1.807, 2.05) is 61.3 Å². The number of benzene rings is 2. The van der Waals surface area contributed by atoms with Crippen LogP contribution in [0.5, 0.6) is 0 Å². The van der Waals surface area contributed by atoms with Crippen molar-refractivity contribution in [3.8, 4) is 16.9 Å². The van der Waals surface area contributed by atoms with Gasteiger partial charge in [-0.05, 0) is 75.7 Å². The number of carbonyl (C=O) groups excluding carboxylic acids is 2. The number of hydrogen-bond donors (Lipinski definition) is 0. The van der Waals surface area contributed by atoms with E-state index < -0.39 is 10.0 Å². The van der Waals surface area contributed by atoms with Crippen LogP contribution in [-0.4, -0.2) is 89.4 Å². The Labute approximate surface area is 273 Å². The Bertz CT molecular complexity index is 1770. The number of amides is 1. The van der Waals surface area contributed by atoms with Crippen LogP contribution < -0.4 is 0 Å². The van der Waals surface area contributed by atoms with Gasteiger partial charge in [-0.2, -0.15) is 14.4 Å². The topological polar surface area (TPSA) is 123 Å². The summed E-state index contributed by atoms with van der Waals surface area (Å²) in [7, 11) is -3.79. The fraction of sp³-hybridized carbons (Fsp3) is 0.394. The lowest BCUT2D eigenvalue weighted by Gasteiger charge is -2.34. The summed E-state index contributed by atoms with van der Waals surface area (Å²) in [5.41, 5.74) is 2.62. The average molecular weight is 664 g/mol. The minimum atomic E-state index is -3.79. The van der Waals surface area contributed by atoms with Crippen LogP contribution in [0.4, 0.5) is 0 Å². The number of esters is 1. The Morgan fingerprint density at radius 2 is 1.78 bits per heavy atom.